The maximum absolute atomic E-state index is 12.7. The van der Waals surface area contributed by atoms with Crippen LogP contribution in [0.2, 0.25) is 0 Å². The van der Waals surface area contributed by atoms with E-state index in [0.717, 1.165) is 0 Å². The van der Waals surface area contributed by atoms with Crippen molar-refractivity contribution in [2.75, 3.05) is 35.9 Å². The van der Waals surface area contributed by atoms with E-state index < -0.39 is 16.0 Å². The van der Waals surface area contributed by atoms with Crippen LogP contribution in [0.25, 0.3) is 0 Å². The Morgan fingerprint density at radius 3 is 2.58 bits per heavy atom. The summed E-state index contributed by atoms with van der Waals surface area (Å²) >= 11 is 0. The summed E-state index contributed by atoms with van der Waals surface area (Å²) in [4.78, 5) is 30.0. The number of carboxylic acids is 1. The molecule has 33 heavy (non-hydrogen) atoms. The van der Waals surface area contributed by atoms with Gasteiger partial charge < -0.3 is 19.5 Å². The van der Waals surface area contributed by atoms with E-state index in [0.29, 0.717) is 31.7 Å². The van der Waals surface area contributed by atoms with E-state index in [1.165, 1.54) is 24.4 Å². The van der Waals surface area contributed by atoms with Crippen LogP contribution in [0.5, 0.6) is 5.75 Å². The summed E-state index contributed by atoms with van der Waals surface area (Å²) in [5, 5.41) is 9.73. The van der Waals surface area contributed by atoms with Crippen molar-refractivity contribution in [3.05, 3.63) is 42.1 Å². The smallest absolute Gasteiger partial charge is 0.339 e. The lowest BCUT2D eigenvalue weighted by molar-refractivity contribution is -0.148. The van der Waals surface area contributed by atoms with Gasteiger partial charge in [0.2, 0.25) is 0 Å². The number of ether oxygens (including phenoxy) is 2. The molecule has 0 saturated carbocycles. The van der Waals surface area contributed by atoms with Gasteiger partial charge in [-0.3, -0.25) is 9.52 Å². The molecule has 1 aromatic carbocycles. The number of hydrogen-bond donors (Lipinski definition) is 2. The van der Waals surface area contributed by atoms with Crippen LogP contribution in [0, 0.1) is 5.92 Å². The van der Waals surface area contributed by atoms with E-state index in [1.807, 2.05) is 6.92 Å². The van der Waals surface area contributed by atoms with Gasteiger partial charge in [-0.05, 0) is 57.0 Å². The van der Waals surface area contributed by atoms with E-state index in [-0.39, 0.29) is 47.0 Å². The molecule has 0 bridgehead atoms. The van der Waals surface area contributed by atoms with E-state index in [2.05, 4.69) is 9.71 Å². The molecule has 2 heterocycles. The third-order valence-electron chi connectivity index (χ3n) is 5.14. The number of pyridine rings is 1. The second-order valence-electron chi connectivity index (χ2n) is 7.45. The highest BCUT2D eigenvalue weighted by Gasteiger charge is 2.30. The zero-order valence-corrected chi connectivity index (χ0v) is 19.3. The van der Waals surface area contributed by atoms with Crippen molar-refractivity contribution in [3.63, 3.8) is 0 Å². The molecular weight excluding hydrogens is 450 g/mol. The molecule has 0 unspecified atom stereocenters. The first kappa shape index (κ1) is 24.3. The fraction of sp³-hybridized carbons (Fsp3) is 0.409. The minimum atomic E-state index is -3.96. The molecule has 1 aliphatic heterocycles. The summed E-state index contributed by atoms with van der Waals surface area (Å²) in [6.07, 6.45) is 2.59. The van der Waals surface area contributed by atoms with Crippen molar-refractivity contribution in [3.8, 4) is 5.75 Å². The molecule has 2 N–H and O–H groups in total. The zero-order chi connectivity index (χ0) is 24.0. The number of nitrogens with one attached hydrogen (secondary N) is 1. The molecule has 0 spiro atoms. The third-order valence-corrected chi connectivity index (χ3v) is 6.53. The first-order valence-electron chi connectivity index (χ1n) is 10.7. The summed E-state index contributed by atoms with van der Waals surface area (Å²) in [6, 6.07) is 7.11. The number of carboxylic acid groups (broad SMARTS) is 1. The van der Waals surface area contributed by atoms with E-state index in [1.54, 1.807) is 24.0 Å². The number of rotatable bonds is 9. The Morgan fingerprint density at radius 1 is 1.21 bits per heavy atom. The minimum absolute atomic E-state index is 0.000198. The average molecular weight is 478 g/mol. The van der Waals surface area contributed by atoms with Crippen LogP contribution in [0.1, 0.15) is 37.0 Å². The monoisotopic (exact) mass is 477 g/mol. The van der Waals surface area contributed by atoms with Gasteiger partial charge in [0.25, 0.3) is 10.0 Å². The highest BCUT2D eigenvalue weighted by atomic mass is 32.2. The molecule has 11 heteroatoms. The lowest BCUT2D eigenvalue weighted by atomic mass is 9.98. The standard InChI is InChI=1S/C22H27N3O7S/c1-3-31-17-7-9-18(10-8-17)33(29,30)24-16-12-19(21(26)27)20(23-13-16)25-11-5-6-15(14-25)22(28)32-4-2/h7-10,12-13,15,24H,3-6,11,14H2,1-2H3,(H,26,27)/t15-/m0/s1. The maximum Gasteiger partial charge on any atom is 0.339 e. The van der Waals surface area contributed by atoms with Crippen molar-refractivity contribution in [1.29, 1.82) is 0 Å². The predicted molar refractivity (Wildman–Crippen MR) is 121 cm³/mol. The topological polar surface area (TPSA) is 135 Å². The Hall–Kier alpha value is -3.34. The first-order chi connectivity index (χ1) is 15.7. The van der Waals surface area contributed by atoms with Crippen LogP contribution >= 0.6 is 0 Å². The molecule has 1 fully saturated rings. The number of aromatic carboxylic acids is 1. The Bertz CT molecular complexity index is 1100. The number of hydrogen-bond acceptors (Lipinski definition) is 8. The Balaban J connectivity index is 1.82. The number of piperidine rings is 1. The SMILES string of the molecule is CCOC(=O)[C@H]1CCCN(c2ncc(NS(=O)(=O)c3ccc(OCC)cc3)cc2C(=O)O)C1. The molecule has 178 valence electrons. The number of sulfonamides is 1. The summed E-state index contributed by atoms with van der Waals surface area (Å²) < 4.78 is 38.2. The highest BCUT2D eigenvalue weighted by molar-refractivity contribution is 7.92. The van der Waals surface area contributed by atoms with Gasteiger partial charge in [0, 0.05) is 13.1 Å². The number of carbonyl (C=O) groups is 2. The quantitative estimate of drug-likeness (QED) is 0.523. The van der Waals surface area contributed by atoms with Crippen LogP contribution < -0.4 is 14.4 Å². The van der Waals surface area contributed by atoms with Gasteiger partial charge >= 0.3 is 11.9 Å². The van der Waals surface area contributed by atoms with Crippen LogP contribution in [-0.4, -0.2) is 56.8 Å². The molecule has 0 amide bonds. The van der Waals surface area contributed by atoms with Gasteiger partial charge in [-0.2, -0.15) is 0 Å². The van der Waals surface area contributed by atoms with Gasteiger partial charge in [-0.25, -0.2) is 18.2 Å². The molecular formula is C22H27N3O7S. The molecule has 1 saturated heterocycles. The number of nitrogens with zero attached hydrogens (tertiary/aromatic N) is 2. The third kappa shape index (κ3) is 5.92. The molecule has 10 nitrogen and oxygen atoms in total. The van der Waals surface area contributed by atoms with Crippen LogP contribution in [-0.2, 0) is 19.6 Å². The molecule has 0 radical (unpaired) electrons. The zero-order valence-electron chi connectivity index (χ0n) is 18.5. The summed E-state index contributed by atoms with van der Waals surface area (Å²) in [6.45, 7) is 5.10. The maximum atomic E-state index is 12.7. The van der Waals surface area contributed by atoms with Crippen molar-refractivity contribution in [1.82, 2.24) is 4.98 Å². The second kappa shape index (κ2) is 10.5. The highest BCUT2D eigenvalue weighted by Crippen LogP contribution is 2.28. The number of benzene rings is 1. The Labute approximate surface area is 192 Å². The van der Waals surface area contributed by atoms with Gasteiger partial charge in [-0.1, -0.05) is 0 Å². The largest absolute Gasteiger partial charge is 0.494 e. The van der Waals surface area contributed by atoms with Gasteiger partial charge in [0.1, 0.15) is 17.1 Å². The molecule has 0 aliphatic carbocycles. The number of anilines is 2. The van der Waals surface area contributed by atoms with Crippen LogP contribution in [0.15, 0.2) is 41.4 Å². The first-order valence-corrected chi connectivity index (χ1v) is 12.1. The fourth-order valence-electron chi connectivity index (χ4n) is 3.64. The van der Waals surface area contributed by atoms with Crippen LogP contribution in [0.4, 0.5) is 11.5 Å². The number of esters is 1. The average Bonchev–Trinajstić information content (AvgIpc) is 2.79. The van der Waals surface area contributed by atoms with Crippen molar-refractivity contribution < 1.29 is 32.6 Å². The van der Waals surface area contributed by atoms with E-state index in [9.17, 15) is 23.1 Å². The molecule has 2 aromatic rings. The lowest BCUT2D eigenvalue weighted by Crippen LogP contribution is -2.40. The van der Waals surface area contributed by atoms with Crippen molar-refractivity contribution >= 4 is 33.5 Å². The van der Waals surface area contributed by atoms with Crippen LogP contribution in [0.3, 0.4) is 0 Å². The Morgan fingerprint density at radius 2 is 1.94 bits per heavy atom. The normalized spacial score (nSPS) is 16.2. The summed E-state index contributed by atoms with van der Waals surface area (Å²) in [5.74, 6) is -1.23. The van der Waals surface area contributed by atoms with Gasteiger partial charge in [0.15, 0.2) is 0 Å². The molecule has 1 atom stereocenters. The summed E-state index contributed by atoms with van der Waals surface area (Å²) in [5.41, 5.74) is -0.143. The molecule has 1 aromatic heterocycles. The second-order valence-corrected chi connectivity index (χ2v) is 9.13. The van der Waals surface area contributed by atoms with Gasteiger partial charge in [0.05, 0.1) is 35.9 Å². The number of carbonyl (C=O) groups excluding carboxylic acids is 1. The molecule has 3 rings (SSSR count). The minimum Gasteiger partial charge on any atom is -0.494 e. The number of aromatic nitrogens is 1. The van der Waals surface area contributed by atoms with E-state index in [4.69, 9.17) is 9.47 Å². The van der Waals surface area contributed by atoms with Crippen molar-refractivity contribution in [2.45, 2.75) is 31.6 Å². The molecule has 1 aliphatic rings. The predicted octanol–water partition coefficient (Wildman–Crippen LogP) is 2.76. The fourth-order valence-corrected chi connectivity index (χ4v) is 4.67. The summed E-state index contributed by atoms with van der Waals surface area (Å²) in [7, 11) is -3.96. The van der Waals surface area contributed by atoms with Gasteiger partial charge in [-0.15, -0.1) is 0 Å². The lowest BCUT2D eigenvalue weighted by Gasteiger charge is -2.33. The van der Waals surface area contributed by atoms with Crippen molar-refractivity contribution in [2.24, 2.45) is 5.92 Å². The Kier molecular flexibility index (Phi) is 7.75. The van der Waals surface area contributed by atoms with E-state index >= 15 is 0 Å².